The minimum absolute atomic E-state index is 0.188. The zero-order valence-electron chi connectivity index (χ0n) is 14.0. The van der Waals surface area contributed by atoms with E-state index in [1.54, 1.807) is 24.4 Å². The van der Waals surface area contributed by atoms with Gasteiger partial charge >= 0.3 is 0 Å². The highest BCUT2D eigenvalue weighted by Gasteiger charge is 2.18. The molecule has 0 unspecified atom stereocenters. The van der Waals surface area contributed by atoms with Crippen molar-refractivity contribution in [1.29, 1.82) is 0 Å². The van der Waals surface area contributed by atoms with E-state index in [0.717, 1.165) is 45.0 Å². The van der Waals surface area contributed by atoms with Crippen molar-refractivity contribution >= 4 is 17.4 Å². The molecule has 3 rings (SSSR count). The van der Waals surface area contributed by atoms with Crippen molar-refractivity contribution in [2.75, 3.05) is 43.4 Å². The quantitative estimate of drug-likeness (QED) is 0.864. The van der Waals surface area contributed by atoms with Crippen LogP contribution in [0.4, 0.5) is 11.6 Å². The first-order chi connectivity index (χ1) is 11.7. The SMILES string of the molecule is CCN1CCCN(c2cccc(C(=O)c3cccnc3N)n2)CC1. The van der Waals surface area contributed by atoms with E-state index >= 15 is 0 Å². The molecule has 0 aromatic carbocycles. The number of nitrogen functional groups attached to an aromatic ring is 1. The van der Waals surface area contributed by atoms with Gasteiger partial charge in [0.15, 0.2) is 0 Å². The molecule has 0 amide bonds. The Kier molecular flexibility index (Phi) is 5.05. The number of nitrogens with zero attached hydrogens (tertiary/aromatic N) is 4. The fourth-order valence-electron chi connectivity index (χ4n) is 2.99. The number of rotatable bonds is 4. The van der Waals surface area contributed by atoms with Crippen LogP contribution < -0.4 is 10.6 Å². The maximum Gasteiger partial charge on any atom is 0.215 e. The summed E-state index contributed by atoms with van der Waals surface area (Å²) >= 11 is 0. The topological polar surface area (TPSA) is 75.3 Å². The summed E-state index contributed by atoms with van der Waals surface area (Å²) in [4.78, 5) is 25.9. The van der Waals surface area contributed by atoms with Crippen molar-refractivity contribution < 1.29 is 4.79 Å². The number of carbonyl (C=O) groups excluding carboxylic acids is 1. The van der Waals surface area contributed by atoms with Crippen LogP contribution in [0, 0.1) is 0 Å². The highest BCUT2D eigenvalue weighted by atomic mass is 16.1. The summed E-state index contributed by atoms with van der Waals surface area (Å²) in [5.41, 5.74) is 6.62. The second-order valence-electron chi connectivity index (χ2n) is 5.92. The molecule has 2 aromatic heterocycles. The van der Waals surface area contributed by atoms with E-state index < -0.39 is 0 Å². The lowest BCUT2D eigenvalue weighted by Gasteiger charge is -2.22. The fraction of sp³-hybridized carbons (Fsp3) is 0.389. The van der Waals surface area contributed by atoms with Gasteiger partial charge in [0.25, 0.3) is 0 Å². The van der Waals surface area contributed by atoms with Crippen LogP contribution in [-0.2, 0) is 0 Å². The zero-order chi connectivity index (χ0) is 16.9. The summed E-state index contributed by atoms with van der Waals surface area (Å²) in [6.45, 7) is 7.26. The minimum Gasteiger partial charge on any atom is -0.383 e. The van der Waals surface area contributed by atoms with Gasteiger partial charge in [-0.3, -0.25) is 4.79 Å². The van der Waals surface area contributed by atoms with Gasteiger partial charge < -0.3 is 15.5 Å². The molecule has 24 heavy (non-hydrogen) atoms. The van der Waals surface area contributed by atoms with Crippen LogP contribution >= 0.6 is 0 Å². The Bertz CT molecular complexity index is 718. The molecule has 2 N–H and O–H groups in total. The van der Waals surface area contributed by atoms with Crippen LogP contribution in [0.1, 0.15) is 29.4 Å². The van der Waals surface area contributed by atoms with E-state index in [1.165, 1.54) is 0 Å². The van der Waals surface area contributed by atoms with Crippen LogP contribution in [0.15, 0.2) is 36.5 Å². The van der Waals surface area contributed by atoms with Crippen LogP contribution in [0.25, 0.3) is 0 Å². The summed E-state index contributed by atoms with van der Waals surface area (Å²) in [6.07, 6.45) is 2.68. The van der Waals surface area contributed by atoms with Crippen molar-refractivity contribution in [3.05, 3.63) is 47.8 Å². The molecule has 0 atom stereocenters. The Balaban J connectivity index is 1.82. The summed E-state index contributed by atoms with van der Waals surface area (Å²) < 4.78 is 0. The first-order valence-electron chi connectivity index (χ1n) is 8.38. The minimum atomic E-state index is -0.188. The van der Waals surface area contributed by atoms with Crippen molar-refractivity contribution in [3.8, 4) is 0 Å². The number of carbonyl (C=O) groups is 1. The van der Waals surface area contributed by atoms with Gasteiger partial charge in [-0.05, 0) is 43.8 Å². The van der Waals surface area contributed by atoms with E-state index in [0.29, 0.717) is 11.3 Å². The Labute approximate surface area is 142 Å². The molecular formula is C18H23N5O. The lowest BCUT2D eigenvalue weighted by Crippen LogP contribution is -2.31. The third-order valence-electron chi connectivity index (χ3n) is 4.41. The Morgan fingerprint density at radius 1 is 1.17 bits per heavy atom. The number of hydrogen-bond acceptors (Lipinski definition) is 6. The predicted molar refractivity (Wildman–Crippen MR) is 95.3 cm³/mol. The van der Waals surface area contributed by atoms with Crippen molar-refractivity contribution in [3.63, 3.8) is 0 Å². The Morgan fingerprint density at radius 3 is 2.83 bits per heavy atom. The number of nitrogens with two attached hydrogens (primary N) is 1. The van der Waals surface area contributed by atoms with E-state index in [2.05, 4.69) is 26.7 Å². The monoisotopic (exact) mass is 325 g/mol. The first-order valence-corrected chi connectivity index (χ1v) is 8.38. The highest BCUT2D eigenvalue weighted by molar-refractivity contribution is 6.10. The van der Waals surface area contributed by atoms with Crippen molar-refractivity contribution in [2.45, 2.75) is 13.3 Å². The van der Waals surface area contributed by atoms with Gasteiger partial charge in [-0.1, -0.05) is 13.0 Å². The lowest BCUT2D eigenvalue weighted by atomic mass is 10.1. The molecular weight excluding hydrogens is 302 g/mol. The molecule has 0 spiro atoms. The standard InChI is InChI=1S/C18H23N5O/c1-2-22-10-5-11-23(13-12-22)16-8-3-7-15(21-16)17(24)14-6-4-9-20-18(14)19/h3-4,6-9H,2,5,10-13H2,1H3,(H2,19,20). The average molecular weight is 325 g/mol. The first kappa shape index (κ1) is 16.4. The third kappa shape index (κ3) is 3.54. The fourth-order valence-corrected chi connectivity index (χ4v) is 2.99. The van der Waals surface area contributed by atoms with Crippen LogP contribution in [-0.4, -0.2) is 53.4 Å². The molecule has 0 aliphatic carbocycles. The molecule has 1 fully saturated rings. The summed E-state index contributed by atoms with van der Waals surface area (Å²) in [5, 5.41) is 0. The zero-order valence-corrected chi connectivity index (χ0v) is 14.0. The van der Waals surface area contributed by atoms with Crippen LogP contribution in [0.2, 0.25) is 0 Å². The van der Waals surface area contributed by atoms with Gasteiger partial charge in [-0.25, -0.2) is 9.97 Å². The van der Waals surface area contributed by atoms with E-state index in [4.69, 9.17) is 5.73 Å². The normalized spacial score (nSPS) is 16.0. The molecule has 0 bridgehead atoms. The molecule has 2 aromatic rings. The maximum atomic E-state index is 12.7. The number of hydrogen-bond donors (Lipinski definition) is 1. The van der Waals surface area contributed by atoms with E-state index in [1.807, 2.05) is 12.1 Å². The van der Waals surface area contributed by atoms with E-state index in [-0.39, 0.29) is 11.6 Å². The van der Waals surface area contributed by atoms with Crippen LogP contribution in [0.3, 0.4) is 0 Å². The molecule has 1 saturated heterocycles. The number of likely N-dealkylation sites (N-methyl/N-ethyl adjacent to an activating group) is 1. The Morgan fingerprint density at radius 2 is 2.04 bits per heavy atom. The second-order valence-corrected chi connectivity index (χ2v) is 5.92. The van der Waals surface area contributed by atoms with Gasteiger partial charge in [0, 0.05) is 25.8 Å². The largest absolute Gasteiger partial charge is 0.383 e. The van der Waals surface area contributed by atoms with Gasteiger partial charge in [0.2, 0.25) is 5.78 Å². The molecule has 6 heteroatoms. The number of anilines is 2. The maximum absolute atomic E-state index is 12.7. The van der Waals surface area contributed by atoms with Gasteiger partial charge in [-0.2, -0.15) is 0 Å². The Hall–Kier alpha value is -2.47. The second kappa shape index (κ2) is 7.40. The van der Waals surface area contributed by atoms with Gasteiger partial charge in [0.05, 0.1) is 5.56 Å². The molecule has 3 heterocycles. The van der Waals surface area contributed by atoms with Crippen LogP contribution in [0.5, 0.6) is 0 Å². The van der Waals surface area contributed by atoms with Gasteiger partial charge in [-0.15, -0.1) is 0 Å². The number of pyridine rings is 2. The summed E-state index contributed by atoms with van der Waals surface area (Å²) in [6, 6.07) is 8.97. The average Bonchev–Trinajstić information content (AvgIpc) is 2.87. The van der Waals surface area contributed by atoms with Crippen molar-refractivity contribution in [1.82, 2.24) is 14.9 Å². The molecule has 126 valence electrons. The highest BCUT2D eigenvalue weighted by Crippen LogP contribution is 2.18. The smallest absolute Gasteiger partial charge is 0.215 e. The summed E-state index contributed by atoms with van der Waals surface area (Å²) in [7, 11) is 0. The summed E-state index contributed by atoms with van der Waals surface area (Å²) in [5.74, 6) is 0.900. The van der Waals surface area contributed by atoms with E-state index in [9.17, 15) is 4.79 Å². The van der Waals surface area contributed by atoms with Gasteiger partial charge in [0.1, 0.15) is 17.3 Å². The molecule has 0 radical (unpaired) electrons. The molecule has 1 aliphatic rings. The van der Waals surface area contributed by atoms with Crippen molar-refractivity contribution in [2.24, 2.45) is 0 Å². The lowest BCUT2D eigenvalue weighted by molar-refractivity contribution is 0.103. The predicted octanol–water partition coefficient (Wildman–Crippen LogP) is 1.82. The molecule has 1 aliphatic heterocycles. The molecule has 6 nitrogen and oxygen atoms in total. The number of aromatic nitrogens is 2. The third-order valence-corrected chi connectivity index (χ3v) is 4.41. The number of ketones is 1. The molecule has 0 saturated carbocycles.